The molecule has 0 heterocycles. The molecular formula is C17H25FN2O. The Morgan fingerprint density at radius 2 is 2.14 bits per heavy atom. The molecular weight excluding hydrogens is 267 g/mol. The van der Waals surface area contributed by atoms with Crippen molar-refractivity contribution >= 4 is 5.91 Å². The lowest BCUT2D eigenvalue weighted by molar-refractivity contribution is -0.123. The maximum Gasteiger partial charge on any atom is 0.237 e. The molecule has 116 valence electrons. The van der Waals surface area contributed by atoms with Crippen molar-refractivity contribution in [3.8, 4) is 0 Å². The number of benzene rings is 1. The van der Waals surface area contributed by atoms with Crippen LogP contribution in [0.1, 0.15) is 57.1 Å². The molecule has 2 rings (SSSR count). The van der Waals surface area contributed by atoms with E-state index in [4.69, 9.17) is 5.73 Å². The summed E-state index contributed by atoms with van der Waals surface area (Å²) < 4.78 is 13.5. The lowest BCUT2D eigenvalue weighted by atomic mass is 9.91. The minimum atomic E-state index is -0.479. The molecule has 1 aromatic carbocycles. The maximum atomic E-state index is 13.5. The summed E-state index contributed by atoms with van der Waals surface area (Å²) in [6, 6.07) is 5.93. The van der Waals surface area contributed by atoms with Crippen molar-refractivity contribution in [2.45, 2.75) is 57.5 Å². The fourth-order valence-corrected chi connectivity index (χ4v) is 3.17. The molecule has 1 aliphatic rings. The molecule has 0 saturated heterocycles. The van der Waals surface area contributed by atoms with Gasteiger partial charge in [0, 0.05) is 0 Å². The number of carbonyl (C=O) groups is 1. The summed E-state index contributed by atoms with van der Waals surface area (Å²) in [6.07, 6.45) is 6.05. The molecule has 4 heteroatoms. The molecule has 0 spiro atoms. The van der Waals surface area contributed by atoms with Gasteiger partial charge in [-0.2, -0.15) is 0 Å². The zero-order chi connectivity index (χ0) is 15.2. The SMILES string of the molecule is CCCC(N)C(=O)NC(c1cccc(F)c1)C1CCCC1. The van der Waals surface area contributed by atoms with Gasteiger partial charge in [0.05, 0.1) is 12.1 Å². The van der Waals surface area contributed by atoms with Crippen molar-refractivity contribution < 1.29 is 9.18 Å². The van der Waals surface area contributed by atoms with E-state index < -0.39 is 6.04 Å². The van der Waals surface area contributed by atoms with E-state index in [2.05, 4.69) is 5.32 Å². The van der Waals surface area contributed by atoms with Crippen molar-refractivity contribution in [1.82, 2.24) is 5.32 Å². The number of hydrogen-bond acceptors (Lipinski definition) is 2. The Kier molecular flexibility index (Phi) is 5.74. The molecule has 2 unspecified atom stereocenters. The fraction of sp³-hybridized carbons (Fsp3) is 0.588. The summed E-state index contributed by atoms with van der Waals surface area (Å²) >= 11 is 0. The quantitative estimate of drug-likeness (QED) is 0.845. The Bertz CT molecular complexity index is 472. The summed E-state index contributed by atoms with van der Waals surface area (Å²) in [6.45, 7) is 2.01. The Morgan fingerprint density at radius 1 is 1.43 bits per heavy atom. The highest BCUT2D eigenvalue weighted by molar-refractivity contribution is 5.81. The minimum Gasteiger partial charge on any atom is -0.348 e. The van der Waals surface area contributed by atoms with E-state index >= 15 is 0 Å². The summed E-state index contributed by atoms with van der Waals surface area (Å²) in [5.74, 6) is -0.00908. The second kappa shape index (κ2) is 7.55. The Labute approximate surface area is 126 Å². The average Bonchev–Trinajstić information content (AvgIpc) is 2.98. The number of hydrogen-bond donors (Lipinski definition) is 2. The molecule has 0 radical (unpaired) electrons. The standard InChI is InChI=1S/C17H25FN2O/c1-2-6-15(19)17(21)20-16(12-7-3-4-8-12)13-9-5-10-14(18)11-13/h5,9-12,15-16H,2-4,6-8,19H2,1H3,(H,20,21). The third-order valence-electron chi connectivity index (χ3n) is 4.31. The molecule has 3 nitrogen and oxygen atoms in total. The van der Waals surface area contributed by atoms with Gasteiger partial charge in [0.1, 0.15) is 5.82 Å². The fourth-order valence-electron chi connectivity index (χ4n) is 3.17. The van der Waals surface area contributed by atoms with E-state index in [0.29, 0.717) is 12.3 Å². The van der Waals surface area contributed by atoms with Crippen LogP contribution < -0.4 is 11.1 Å². The Balaban J connectivity index is 2.14. The van der Waals surface area contributed by atoms with E-state index in [9.17, 15) is 9.18 Å². The van der Waals surface area contributed by atoms with Gasteiger partial charge in [0.2, 0.25) is 5.91 Å². The first-order chi connectivity index (χ1) is 10.1. The molecule has 1 fully saturated rings. The van der Waals surface area contributed by atoms with Gasteiger partial charge in [-0.3, -0.25) is 4.79 Å². The first-order valence-electron chi connectivity index (χ1n) is 7.93. The zero-order valence-electron chi connectivity index (χ0n) is 12.6. The summed E-state index contributed by atoms with van der Waals surface area (Å²) in [5, 5.41) is 3.06. The van der Waals surface area contributed by atoms with Gasteiger partial charge in [0.15, 0.2) is 0 Å². The zero-order valence-corrected chi connectivity index (χ0v) is 12.6. The van der Waals surface area contributed by atoms with E-state index in [0.717, 1.165) is 24.8 Å². The molecule has 0 aliphatic heterocycles. The average molecular weight is 292 g/mol. The van der Waals surface area contributed by atoms with Crippen LogP contribution in [0.5, 0.6) is 0 Å². The number of amides is 1. The lowest BCUT2D eigenvalue weighted by Gasteiger charge is -2.26. The molecule has 1 aromatic rings. The van der Waals surface area contributed by atoms with E-state index in [1.165, 1.54) is 25.0 Å². The maximum absolute atomic E-state index is 13.5. The first-order valence-corrected chi connectivity index (χ1v) is 7.93. The number of halogens is 1. The number of rotatable bonds is 6. The third-order valence-corrected chi connectivity index (χ3v) is 4.31. The van der Waals surface area contributed by atoms with Crippen LogP contribution in [0.2, 0.25) is 0 Å². The number of carbonyl (C=O) groups excluding carboxylic acids is 1. The molecule has 1 aliphatic carbocycles. The van der Waals surface area contributed by atoms with Crippen molar-refractivity contribution in [1.29, 1.82) is 0 Å². The predicted molar refractivity (Wildman–Crippen MR) is 82.1 cm³/mol. The summed E-state index contributed by atoms with van der Waals surface area (Å²) in [7, 11) is 0. The number of nitrogens with one attached hydrogen (secondary N) is 1. The third kappa shape index (κ3) is 4.27. The first kappa shape index (κ1) is 16.0. The van der Waals surface area contributed by atoms with E-state index in [-0.39, 0.29) is 17.8 Å². The highest BCUT2D eigenvalue weighted by Gasteiger charge is 2.29. The Hall–Kier alpha value is -1.42. The summed E-state index contributed by atoms with van der Waals surface area (Å²) in [5.41, 5.74) is 6.74. The highest BCUT2D eigenvalue weighted by atomic mass is 19.1. The second-order valence-electron chi connectivity index (χ2n) is 5.98. The van der Waals surface area contributed by atoms with Gasteiger partial charge in [-0.25, -0.2) is 4.39 Å². The van der Waals surface area contributed by atoms with Gasteiger partial charge in [-0.05, 0) is 42.9 Å². The van der Waals surface area contributed by atoms with Crippen LogP contribution in [-0.2, 0) is 4.79 Å². The van der Waals surface area contributed by atoms with Gasteiger partial charge < -0.3 is 11.1 Å². The van der Waals surface area contributed by atoms with Crippen molar-refractivity contribution in [3.05, 3.63) is 35.6 Å². The largest absolute Gasteiger partial charge is 0.348 e. The predicted octanol–water partition coefficient (Wildman–Crippen LogP) is 3.30. The summed E-state index contributed by atoms with van der Waals surface area (Å²) in [4.78, 5) is 12.2. The van der Waals surface area contributed by atoms with Crippen LogP contribution in [0, 0.1) is 11.7 Å². The molecule has 2 atom stereocenters. The second-order valence-corrected chi connectivity index (χ2v) is 5.98. The molecule has 0 aromatic heterocycles. The van der Waals surface area contributed by atoms with E-state index in [1.54, 1.807) is 6.07 Å². The molecule has 1 saturated carbocycles. The van der Waals surface area contributed by atoms with Crippen LogP contribution in [-0.4, -0.2) is 11.9 Å². The van der Waals surface area contributed by atoms with Gasteiger partial charge >= 0.3 is 0 Å². The van der Waals surface area contributed by atoms with Gasteiger partial charge in [-0.1, -0.05) is 38.3 Å². The smallest absolute Gasteiger partial charge is 0.237 e. The molecule has 0 bridgehead atoms. The lowest BCUT2D eigenvalue weighted by Crippen LogP contribution is -2.43. The van der Waals surface area contributed by atoms with Crippen molar-refractivity contribution in [3.63, 3.8) is 0 Å². The van der Waals surface area contributed by atoms with Gasteiger partial charge in [-0.15, -0.1) is 0 Å². The highest BCUT2D eigenvalue weighted by Crippen LogP contribution is 2.36. The van der Waals surface area contributed by atoms with Crippen LogP contribution >= 0.6 is 0 Å². The van der Waals surface area contributed by atoms with Crippen LogP contribution in [0.25, 0.3) is 0 Å². The van der Waals surface area contributed by atoms with Crippen LogP contribution in [0.15, 0.2) is 24.3 Å². The minimum absolute atomic E-state index is 0.126. The molecule has 3 N–H and O–H groups in total. The topological polar surface area (TPSA) is 55.1 Å². The monoisotopic (exact) mass is 292 g/mol. The van der Waals surface area contributed by atoms with Crippen LogP contribution in [0.4, 0.5) is 4.39 Å². The molecule has 1 amide bonds. The van der Waals surface area contributed by atoms with Crippen LogP contribution in [0.3, 0.4) is 0 Å². The number of nitrogens with two attached hydrogens (primary N) is 1. The Morgan fingerprint density at radius 3 is 2.76 bits per heavy atom. The van der Waals surface area contributed by atoms with Crippen molar-refractivity contribution in [2.24, 2.45) is 11.7 Å². The molecule has 21 heavy (non-hydrogen) atoms. The normalized spacial score (nSPS) is 18.4. The van der Waals surface area contributed by atoms with Crippen molar-refractivity contribution in [2.75, 3.05) is 0 Å². The van der Waals surface area contributed by atoms with E-state index in [1.807, 2.05) is 13.0 Å². The van der Waals surface area contributed by atoms with Gasteiger partial charge in [0.25, 0.3) is 0 Å².